The molecule has 0 aliphatic carbocycles. The summed E-state index contributed by atoms with van der Waals surface area (Å²) in [5.41, 5.74) is -1.49. The smallest absolute Gasteiger partial charge is 0.434 e. The van der Waals surface area contributed by atoms with Crippen LogP contribution in [0.15, 0.2) is 87.8 Å². The lowest BCUT2D eigenvalue weighted by molar-refractivity contribution is -0.140. The molecule has 43 heavy (non-hydrogen) atoms. The third-order valence-corrected chi connectivity index (χ3v) is 8.21. The predicted octanol–water partition coefficient (Wildman–Crippen LogP) is 6.88. The molecule has 1 aliphatic rings. The fourth-order valence-corrected chi connectivity index (χ4v) is 6.05. The van der Waals surface area contributed by atoms with Crippen LogP contribution in [0.2, 0.25) is 15.1 Å². The van der Waals surface area contributed by atoms with Crippen LogP contribution in [0.4, 0.5) is 13.2 Å². The van der Waals surface area contributed by atoms with Crippen molar-refractivity contribution >= 4 is 58.2 Å². The molecule has 0 saturated heterocycles. The lowest BCUT2D eigenvalue weighted by atomic mass is 9.95. The molecule has 6 nitrogen and oxygen atoms in total. The Morgan fingerprint density at radius 3 is 2.42 bits per heavy atom. The van der Waals surface area contributed by atoms with Crippen molar-refractivity contribution in [2.45, 2.75) is 25.7 Å². The highest BCUT2D eigenvalue weighted by molar-refractivity contribution is 7.07. The summed E-state index contributed by atoms with van der Waals surface area (Å²) >= 11 is 19.0. The number of benzene rings is 3. The Kier molecular flexibility index (Phi) is 9.03. The molecule has 5 rings (SSSR count). The van der Waals surface area contributed by atoms with Crippen LogP contribution in [0.25, 0.3) is 6.08 Å². The number of hydrogen-bond acceptors (Lipinski definition) is 6. The first-order chi connectivity index (χ1) is 20.5. The normalized spacial score (nSPS) is 15.2. The molecule has 4 aromatic rings. The molecule has 3 aromatic carbocycles. The van der Waals surface area contributed by atoms with Crippen LogP contribution in [-0.2, 0) is 16.1 Å². The maximum Gasteiger partial charge on any atom is 0.434 e. The van der Waals surface area contributed by atoms with E-state index >= 15 is 0 Å². The van der Waals surface area contributed by atoms with Crippen LogP contribution in [0, 0.1) is 0 Å². The van der Waals surface area contributed by atoms with Crippen molar-refractivity contribution in [1.82, 2.24) is 4.57 Å². The van der Waals surface area contributed by atoms with Crippen molar-refractivity contribution in [2.24, 2.45) is 4.99 Å². The molecule has 1 aliphatic heterocycles. The molecule has 0 N–H and O–H groups in total. The van der Waals surface area contributed by atoms with Gasteiger partial charge in [0.25, 0.3) is 5.56 Å². The number of alkyl halides is 3. The van der Waals surface area contributed by atoms with E-state index in [0.29, 0.717) is 31.9 Å². The van der Waals surface area contributed by atoms with Gasteiger partial charge in [0.15, 0.2) is 10.5 Å². The third-order valence-electron chi connectivity index (χ3n) is 6.38. The molecule has 0 unspecified atom stereocenters. The molecule has 222 valence electrons. The van der Waals surface area contributed by atoms with E-state index < -0.39 is 35.0 Å². The highest BCUT2D eigenvalue weighted by Gasteiger charge is 2.45. The number of esters is 1. The summed E-state index contributed by atoms with van der Waals surface area (Å²) in [5.74, 6) is -0.829. The molecule has 13 heteroatoms. The topological polar surface area (TPSA) is 69.9 Å². The Morgan fingerprint density at radius 2 is 1.74 bits per heavy atom. The molecule has 1 atom stereocenters. The Bertz CT molecular complexity index is 1920. The van der Waals surface area contributed by atoms with Crippen molar-refractivity contribution in [3.8, 4) is 5.75 Å². The molecule has 0 saturated carbocycles. The maximum absolute atomic E-state index is 14.3. The maximum atomic E-state index is 14.3. The lowest BCUT2D eigenvalue weighted by Crippen LogP contribution is -2.41. The fraction of sp³-hybridized carbons (Fsp3) is 0.167. The molecule has 0 radical (unpaired) electrons. The zero-order chi connectivity index (χ0) is 30.9. The van der Waals surface area contributed by atoms with Crippen molar-refractivity contribution in [1.29, 1.82) is 0 Å². The van der Waals surface area contributed by atoms with Gasteiger partial charge in [-0.05, 0) is 48.9 Å². The summed E-state index contributed by atoms with van der Waals surface area (Å²) in [4.78, 5) is 30.4. The van der Waals surface area contributed by atoms with Gasteiger partial charge in [0.2, 0.25) is 0 Å². The van der Waals surface area contributed by atoms with Gasteiger partial charge in [0, 0.05) is 26.2 Å². The number of thiazole rings is 1. The number of allylic oxidation sites excluding steroid dienone is 1. The predicted molar refractivity (Wildman–Crippen MR) is 159 cm³/mol. The molecule has 0 fully saturated rings. The van der Waals surface area contributed by atoms with Gasteiger partial charge in [-0.1, -0.05) is 82.5 Å². The molecule has 0 amide bonds. The number of halogens is 6. The van der Waals surface area contributed by atoms with Gasteiger partial charge in [-0.25, -0.2) is 9.79 Å². The lowest BCUT2D eigenvalue weighted by Gasteiger charge is -2.26. The minimum Gasteiger partial charge on any atom is -0.488 e. The number of hydrogen-bond donors (Lipinski definition) is 0. The van der Waals surface area contributed by atoms with E-state index in [1.807, 2.05) is 0 Å². The molecular weight excluding hydrogens is 648 g/mol. The Hall–Kier alpha value is -3.57. The molecule has 2 heterocycles. The fourth-order valence-electron chi connectivity index (χ4n) is 4.47. The Labute approximate surface area is 261 Å². The highest BCUT2D eigenvalue weighted by atomic mass is 35.5. The zero-order valence-electron chi connectivity index (χ0n) is 22.1. The van der Waals surface area contributed by atoms with Gasteiger partial charge >= 0.3 is 12.1 Å². The summed E-state index contributed by atoms with van der Waals surface area (Å²) in [5, 5.41) is 1.21. The van der Waals surface area contributed by atoms with Crippen LogP contribution in [0.3, 0.4) is 0 Å². The minimum atomic E-state index is -5.01. The second kappa shape index (κ2) is 12.6. The van der Waals surface area contributed by atoms with E-state index in [1.54, 1.807) is 42.5 Å². The van der Waals surface area contributed by atoms with E-state index in [2.05, 4.69) is 4.99 Å². The van der Waals surface area contributed by atoms with Gasteiger partial charge in [-0.15, -0.1) is 0 Å². The summed E-state index contributed by atoms with van der Waals surface area (Å²) in [6.07, 6.45) is -3.51. The zero-order valence-corrected chi connectivity index (χ0v) is 25.2. The molecule has 1 aromatic heterocycles. The SMILES string of the molecule is CCOC(=O)C1=C(C(F)(F)F)N=c2s/c(=C/c3ccccc3OCc3ccc(Cl)cc3Cl)c(=O)n2[C@@H]1c1ccc(Cl)cc1. The number of nitrogens with zero attached hydrogens (tertiary/aromatic N) is 2. The van der Waals surface area contributed by atoms with Crippen LogP contribution in [0.1, 0.15) is 29.7 Å². The van der Waals surface area contributed by atoms with E-state index in [-0.39, 0.29) is 28.1 Å². The van der Waals surface area contributed by atoms with Crippen molar-refractivity contribution < 1.29 is 27.4 Å². The number of fused-ring (bicyclic) bond motifs is 1. The Balaban J connectivity index is 1.66. The number of carbonyl (C=O) groups is 1. The van der Waals surface area contributed by atoms with Gasteiger partial charge < -0.3 is 9.47 Å². The average Bonchev–Trinajstić information content (AvgIpc) is 3.27. The monoisotopic (exact) mass is 666 g/mol. The average molecular weight is 668 g/mol. The van der Waals surface area contributed by atoms with Gasteiger partial charge in [0.1, 0.15) is 12.4 Å². The highest BCUT2D eigenvalue weighted by Crippen LogP contribution is 2.38. The van der Waals surface area contributed by atoms with Gasteiger partial charge in [-0.2, -0.15) is 13.2 Å². The van der Waals surface area contributed by atoms with E-state index in [4.69, 9.17) is 44.3 Å². The number of aromatic nitrogens is 1. The van der Waals surface area contributed by atoms with Crippen LogP contribution >= 0.6 is 46.1 Å². The number of para-hydroxylation sites is 1. The van der Waals surface area contributed by atoms with Crippen LogP contribution in [-0.4, -0.2) is 23.3 Å². The third kappa shape index (κ3) is 6.52. The quantitative estimate of drug-likeness (QED) is 0.202. The first-order valence-corrected chi connectivity index (χ1v) is 14.6. The van der Waals surface area contributed by atoms with Gasteiger partial charge in [-0.3, -0.25) is 9.36 Å². The molecular formula is C30H20Cl3F3N2O4S. The summed E-state index contributed by atoms with van der Waals surface area (Å²) in [6, 6.07) is 16.2. The molecule has 0 spiro atoms. The van der Waals surface area contributed by atoms with E-state index in [9.17, 15) is 22.8 Å². The Morgan fingerprint density at radius 1 is 1.05 bits per heavy atom. The van der Waals surface area contributed by atoms with Gasteiger partial charge in [0.05, 0.1) is 22.8 Å². The van der Waals surface area contributed by atoms with Crippen molar-refractivity contribution in [2.75, 3.05) is 6.61 Å². The summed E-state index contributed by atoms with van der Waals surface area (Å²) in [6.45, 7) is 1.39. The number of carbonyl (C=O) groups excluding carboxylic acids is 1. The van der Waals surface area contributed by atoms with E-state index in [0.717, 1.165) is 15.9 Å². The standard InChI is InChI=1S/C30H20Cl3F3N2O4S/c1-2-41-28(40)24-25(16-7-10-19(31)11-8-16)38-27(39)23(43-29(38)37-26(24)30(34,35)36)13-17-5-3-4-6-22(17)42-15-18-9-12-20(32)14-21(18)33/h3-14,25H,2,15H2,1H3/b23-13+/t25-/m1/s1. The first kappa shape index (κ1) is 30.9. The van der Waals surface area contributed by atoms with E-state index in [1.165, 1.54) is 37.3 Å². The summed E-state index contributed by atoms with van der Waals surface area (Å²) < 4.78 is 55.1. The van der Waals surface area contributed by atoms with Crippen LogP contribution in [0.5, 0.6) is 5.75 Å². The van der Waals surface area contributed by atoms with Crippen molar-refractivity contribution in [3.05, 3.63) is 129 Å². The van der Waals surface area contributed by atoms with Crippen LogP contribution < -0.4 is 19.6 Å². The first-order valence-electron chi connectivity index (χ1n) is 12.7. The minimum absolute atomic E-state index is 0.0740. The second-order valence-corrected chi connectivity index (χ2v) is 11.5. The number of rotatable bonds is 7. The second-order valence-electron chi connectivity index (χ2n) is 9.18. The van der Waals surface area contributed by atoms with Crippen molar-refractivity contribution in [3.63, 3.8) is 0 Å². The number of ether oxygens (including phenoxy) is 2. The summed E-state index contributed by atoms with van der Waals surface area (Å²) in [7, 11) is 0. The largest absolute Gasteiger partial charge is 0.488 e. The molecule has 0 bridgehead atoms.